The van der Waals surface area contributed by atoms with Gasteiger partial charge < -0.3 is 15.2 Å². The molecule has 0 heterocycles. The summed E-state index contributed by atoms with van der Waals surface area (Å²) in [6, 6.07) is 29.1. The van der Waals surface area contributed by atoms with E-state index in [9.17, 15) is 14.7 Å². The minimum absolute atomic E-state index is 0.100. The smallest absolute Gasteiger partial charge is 0.408 e. The van der Waals surface area contributed by atoms with Crippen LogP contribution in [0.2, 0.25) is 0 Å². The zero-order valence-electron chi connectivity index (χ0n) is 18.1. The maximum absolute atomic E-state index is 12.9. The van der Waals surface area contributed by atoms with Gasteiger partial charge in [0, 0.05) is 5.92 Å². The van der Waals surface area contributed by atoms with Crippen LogP contribution in [0.25, 0.3) is 21.9 Å². The number of ether oxygens (including phenoxy) is 1. The average molecular weight is 437 g/mol. The molecule has 5 rings (SSSR count). The number of carbonyl (C=O) groups is 2. The van der Waals surface area contributed by atoms with Crippen LogP contribution in [-0.2, 0) is 15.1 Å². The van der Waals surface area contributed by atoms with Gasteiger partial charge in [-0.25, -0.2) is 9.59 Å². The third-order valence-corrected chi connectivity index (χ3v) is 6.45. The summed E-state index contributed by atoms with van der Waals surface area (Å²) in [6.07, 6.45) is -0.769. The molecule has 0 spiro atoms. The van der Waals surface area contributed by atoms with Crippen LogP contribution in [0.4, 0.5) is 4.79 Å². The number of carbonyl (C=O) groups excluding carboxylic acids is 1. The SMILES string of the molecule is C[C@@](NC(=O)OCC1c2ccccc2-c2ccccc21)(C(=O)O)c1cccc2ccccc12. The van der Waals surface area contributed by atoms with Gasteiger partial charge in [0.15, 0.2) is 5.54 Å². The Morgan fingerprint density at radius 3 is 2.09 bits per heavy atom. The van der Waals surface area contributed by atoms with E-state index < -0.39 is 17.6 Å². The molecule has 33 heavy (non-hydrogen) atoms. The number of aliphatic carboxylic acids is 1. The fraction of sp³-hybridized carbons (Fsp3) is 0.143. The normalized spacial score (nSPS) is 14.2. The van der Waals surface area contributed by atoms with Gasteiger partial charge in [0.2, 0.25) is 0 Å². The molecule has 0 aliphatic heterocycles. The molecule has 0 saturated heterocycles. The van der Waals surface area contributed by atoms with Crippen molar-refractivity contribution in [2.24, 2.45) is 0 Å². The summed E-state index contributed by atoms with van der Waals surface area (Å²) in [4.78, 5) is 25.2. The molecule has 0 fully saturated rings. The molecule has 4 aromatic carbocycles. The molecule has 5 nitrogen and oxygen atoms in total. The predicted octanol–water partition coefficient (Wildman–Crippen LogP) is 5.68. The molecule has 1 aliphatic rings. The van der Waals surface area contributed by atoms with Crippen molar-refractivity contribution in [3.05, 3.63) is 108 Å². The van der Waals surface area contributed by atoms with E-state index in [1.165, 1.54) is 6.92 Å². The van der Waals surface area contributed by atoms with Crippen LogP contribution in [0.3, 0.4) is 0 Å². The second-order valence-corrected chi connectivity index (χ2v) is 8.41. The number of benzene rings is 4. The number of hydrogen-bond acceptors (Lipinski definition) is 3. The molecule has 1 aliphatic carbocycles. The number of nitrogens with one attached hydrogen (secondary N) is 1. The number of carboxylic acids is 1. The molecule has 0 saturated carbocycles. The summed E-state index contributed by atoms with van der Waals surface area (Å²) in [7, 11) is 0. The molecule has 0 unspecified atom stereocenters. The van der Waals surface area contributed by atoms with Gasteiger partial charge in [-0.15, -0.1) is 0 Å². The second-order valence-electron chi connectivity index (χ2n) is 8.41. The van der Waals surface area contributed by atoms with Crippen LogP contribution in [-0.4, -0.2) is 23.8 Å². The Bertz CT molecular complexity index is 1330. The molecule has 0 radical (unpaired) electrons. The lowest BCUT2D eigenvalue weighted by Gasteiger charge is -2.28. The van der Waals surface area contributed by atoms with Crippen LogP contribution < -0.4 is 5.32 Å². The maximum atomic E-state index is 12.9. The van der Waals surface area contributed by atoms with Crippen molar-refractivity contribution in [2.75, 3.05) is 6.61 Å². The summed E-state index contributed by atoms with van der Waals surface area (Å²) in [6.45, 7) is 1.60. The Morgan fingerprint density at radius 2 is 1.42 bits per heavy atom. The summed E-state index contributed by atoms with van der Waals surface area (Å²) in [5, 5.41) is 14.3. The predicted molar refractivity (Wildman–Crippen MR) is 127 cm³/mol. The van der Waals surface area contributed by atoms with E-state index in [4.69, 9.17) is 4.74 Å². The number of amides is 1. The molecule has 164 valence electrons. The van der Waals surface area contributed by atoms with Crippen LogP contribution in [0.1, 0.15) is 29.5 Å². The van der Waals surface area contributed by atoms with Crippen LogP contribution in [0.5, 0.6) is 0 Å². The molecule has 1 atom stereocenters. The van der Waals surface area contributed by atoms with Gasteiger partial charge in [0.05, 0.1) is 0 Å². The van der Waals surface area contributed by atoms with Crippen LogP contribution in [0.15, 0.2) is 91.0 Å². The topological polar surface area (TPSA) is 75.6 Å². The monoisotopic (exact) mass is 437 g/mol. The van der Waals surface area contributed by atoms with Crippen LogP contribution >= 0.6 is 0 Å². The molecule has 1 amide bonds. The Hall–Kier alpha value is -4.12. The summed E-state index contributed by atoms with van der Waals surface area (Å²) in [5.74, 6) is -1.26. The molecule has 4 aromatic rings. The first-order valence-corrected chi connectivity index (χ1v) is 10.8. The summed E-state index contributed by atoms with van der Waals surface area (Å²) < 4.78 is 5.61. The lowest BCUT2D eigenvalue weighted by atomic mass is 9.88. The second kappa shape index (κ2) is 8.10. The first kappa shape index (κ1) is 20.8. The van der Waals surface area contributed by atoms with E-state index in [0.717, 1.165) is 33.0 Å². The zero-order chi connectivity index (χ0) is 23.0. The highest BCUT2D eigenvalue weighted by atomic mass is 16.5. The number of rotatable bonds is 5. The Kier molecular flexibility index (Phi) is 5.09. The third-order valence-electron chi connectivity index (χ3n) is 6.45. The zero-order valence-corrected chi connectivity index (χ0v) is 18.1. The van der Waals surface area contributed by atoms with Crippen molar-refractivity contribution in [1.82, 2.24) is 5.32 Å². The number of hydrogen-bond donors (Lipinski definition) is 2. The van der Waals surface area contributed by atoms with Crippen LogP contribution in [0, 0.1) is 0 Å². The lowest BCUT2D eigenvalue weighted by Crippen LogP contribution is -2.50. The molecular weight excluding hydrogens is 414 g/mol. The van der Waals surface area contributed by atoms with Crippen molar-refractivity contribution in [3.63, 3.8) is 0 Å². The van der Waals surface area contributed by atoms with Gasteiger partial charge in [0.25, 0.3) is 0 Å². The number of carboxylic acid groups (broad SMARTS) is 1. The molecule has 2 N–H and O–H groups in total. The minimum Gasteiger partial charge on any atom is -0.479 e. The van der Waals surface area contributed by atoms with Crippen molar-refractivity contribution in [3.8, 4) is 11.1 Å². The largest absolute Gasteiger partial charge is 0.479 e. The Morgan fingerprint density at radius 1 is 0.848 bits per heavy atom. The van der Waals surface area contributed by atoms with Gasteiger partial charge in [-0.05, 0) is 45.5 Å². The first-order chi connectivity index (χ1) is 16.0. The highest BCUT2D eigenvalue weighted by Gasteiger charge is 2.39. The maximum Gasteiger partial charge on any atom is 0.408 e. The fourth-order valence-corrected chi connectivity index (χ4v) is 4.74. The van der Waals surface area contributed by atoms with E-state index in [0.29, 0.717) is 5.56 Å². The molecule has 0 bridgehead atoms. The number of fused-ring (bicyclic) bond motifs is 4. The molecule has 0 aromatic heterocycles. The fourth-order valence-electron chi connectivity index (χ4n) is 4.74. The molecule has 5 heteroatoms. The van der Waals surface area contributed by atoms with E-state index in [-0.39, 0.29) is 12.5 Å². The Balaban J connectivity index is 1.40. The van der Waals surface area contributed by atoms with Gasteiger partial charge in [-0.2, -0.15) is 0 Å². The van der Waals surface area contributed by atoms with Gasteiger partial charge in [-0.1, -0.05) is 91.0 Å². The van der Waals surface area contributed by atoms with E-state index in [1.807, 2.05) is 66.7 Å². The summed E-state index contributed by atoms with van der Waals surface area (Å²) >= 11 is 0. The van der Waals surface area contributed by atoms with Crippen molar-refractivity contribution >= 4 is 22.8 Å². The summed E-state index contributed by atoms with van der Waals surface area (Å²) in [5.41, 5.74) is 3.31. The van der Waals surface area contributed by atoms with Crippen molar-refractivity contribution in [2.45, 2.75) is 18.4 Å². The highest BCUT2D eigenvalue weighted by molar-refractivity contribution is 5.94. The van der Waals surface area contributed by atoms with Gasteiger partial charge >= 0.3 is 12.1 Å². The first-order valence-electron chi connectivity index (χ1n) is 10.8. The Labute approximate surface area is 191 Å². The highest BCUT2D eigenvalue weighted by Crippen LogP contribution is 2.44. The van der Waals surface area contributed by atoms with Gasteiger partial charge in [0.1, 0.15) is 6.61 Å². The standard InChI is InChI=1S/C28H23NO4/c1-28(26(30)31,25-16-8-10-18-9-2-3-11-19(18)25)29-27(32)33-17-24-22-14-6-4-12-20(22)21-13-5-7-15-23(21)24/h2-16,24H,17H2,1H3,(H,29,32)(H,30,31)/t28-/m0/s1. The van der Waals surface area contributed by atoms with Crippen molar-refractivity contribution in [1.29, 1.82) is 0 Å². The minimum atomic E-state index is -1.65. The van der Waals surface area contributed by atoms with E-state index in [1.54, 1.807) is 12.1 Å². The van der Waals surface area contributed by atoms with Crippen molar-refractivity contribution < 1.29 is 19.4 Å². The van der Waals surface area contributed by atoms with E-state index >= 15 is 0 Å². The van der Waals surface area contributed by atoms with E-state index in [2.05, 4.69) is 17.4 Å². The average Bonchev–Trinajstić information content (AvgIpc) is 3.16. The number of alkyl carbamates (subject to hydrolysis) is 1. The quantitative estimate of drug-likeness (QED) is 0.421. The third kappa shape index (κ3) is 3.52. The van der Waals surface area contributed by atoms with Gasteiger partial charge in [-0.3, -0.25) is 0 Å². The molecular formula is C28H23NO4. The lowest BCUT2D eigenvalue weighted by molar-refractivity contribution is -0.144.